The van der Waals surface area contributed by atoms with Gasteiger partial charge in [0.1, 0.15) is 12.0 Å². The van der Waals surface area contributed by atoms with Gasteiger partial charge >= 0.3 is 17.9 Å². The standard InChI is InChI=1S/C28H26N2O7S/c1-35-25(32)20-21(26(33)36-2)23(27(34)37-3)30(28(38)29-24(31)17-11-5-4-6-12-17)22(20)19-15-9-13-16-10-7-8-14-18(16)19/h4-15,20-23H,1-3H3,(H,29,31,38)/t20-,21+,22-,23-/m0/s1. The zero-order valence-corrected chi connectivity index (χ0v) is 21.8. The summed E-state index contributed by atoms with van der Waals surface area (Å²) in [5, 5.41) is 4.13. The Labute approximate surface area is 224 Å². The van der Waals surface area contributed by atoms with Crippen LogP contribution < -0.4 is 5.32 Å². The lowest BCUT2D eigenvalue weighted by atomic mass is 9.83. The maximum absolute atomic E-state index is 13.3. The fourth-order valence-corrected chi connectivity index (χ4v) is 5.36. The number of carbonyl (C=O) groups is 4. The SMILES string of the molecule is COC(=O)[C@@H]1[C@H](C(=O)OC)[C@H](c2cccc3ccccc23)N(C(=S)NC(=O)c2ccccc2)[C@@H]1C(=O)OC. The number of benzene rings is 3. The maximum Gasteiger partial charge on any atom is 0.329 e. The second kappa shape index (κ2) is 11.4. The molecule has 0 aliphatic carbocycles. The smallest absolute Gasteiger partial charge is 0.329 e. The number of amides is 1. The summed E-state index contributed by atoms with van der Waals surface area (Å²) in [4.78, 5) is 54.1. The average Bonchev–Trinajstić information content (AvgIpc) is 3.32. The highest BCUT2D eigenvalue weighted by atomic mass is 32.1. The molecular weight excluding hydrogens is 508 g/mol. The molecule has 38 heavy (non-hydrogen) atoms. The summed E-state index contributed by atoms with van der Waals surface area (Å²) in [6.07, 6.45) is 0. The molecule has 1 amide bonds. The zero-order valence-electron chi connectivity index (χ0n) is 21.0. The molecule has 0 radical (unpaired) electrons. The molecule has 1 fully saturated rings. The van der Waals surface area contributed by atoms with E-state index >= 15 is 0 Å². The summed E-state index contributed by atoms with van der Waals surface area (Å²) >= 11 is 5.67. The van der Waals surface area contributed by atoms with E-state index in [2.05, 4.69) is 5.32 Å². The van der Waals surface area contributed by atoms with Crippen molar-refractivity contribution in [1.82, 2.24) is 10.2 Å². The van der Waals surface area contributed by atoms with Crippen molar-refractivity contribution in [2.75, 3.05) is 21.3 Å². The first kappa shape index (κ1) is 26.7. The third-order valence-electron chi connectivity index (χ3n) is 6.69. The van der Waals surface area contributed by atoms with Crippen LogP contribution in [0, 0.1) is 11.8 Å². The quantitative estimate of drug-likeness (QED) is 0.300. The van der Waals surface area contributed by atoms with Gasteiger partial charge in [0.25, 0.3) is 5.91 Å². The summed E-state index contributed by atoms with van der Waals surface area (Å²) in [6, 6.07) is 19.0. The largest absolute Gasteiger partial charge is 0.469 e. The topological polar surface area (TPSA) is 111 Å². The Morgan fingerprint density at radius 3 is 1.97 bits per heavy atom. The highest BCUT2D eigenvalue weighted by molar-refractivity contribution is 7.80. The highest BCUT2D eigenvalue weighted by Gasteiger charge is 2.61. The fraction of sp³-hybridized carbons (Fsp3) is 0.250. The van der Waals surface area contributed by atoms with Gasteiger partial charge in [-0.05, 0) is 40.7 Å². The monoisotopic (exact) mass is 534 g/mol. The third kappa shape index (κ3) is 4.82. The predicted octanol–water partition coefficient (Wildman–Crippen LogP) is 3.03. The highest BCUT2D eigenvalue weighted by Crippen LogP contribution is 2.48. The van der Waals surface area contributed by atoms with E-state index in [4.69, 9.17) is 26.4 Å². The minimum absolute atomic E-state index is 0.160. The molecule has 1 N–H and O–H groups in total. The van der Waals surface area contributed by atoms with Crippen LogP contribution in [0.5, 0.6) is 0 Å². The molecule has 1 heterocycles. The van der Waals surface area contributed by atoms with Crippen molar-refractivity contribution in [3.8, 4) is 0 Å². The first-order chi connectivity index (χ1) is 18.3. The van der Waals surface area contributed by atoms with E-state index in [0.717, 1.165) is 17.9 Å². The van der Waals surface area contributed by atoms with Crippen molar-refractivity contribution >= 4 is 51.9 Å². The fourth-order valence-electron chi connectivity index (χ4n) is 5.04. The molecule has 0 spiro atoms. The number of carbonyl (C=O) groups excluding carboxylic acids is 4. The van der Waals surface area contributed by atoms with Crippen molar-refractivity contribution in [2.24, 2.45) is 11.8 Å². The molecular formula is C28H26N2O7S. The van der Waals surface area contributed by atoms with Crippen LogP contribution in [0.25, 0.3) is 10.8 Å². The van der Waals surface area contributed by atoms with Crippen molar-refractivity contribution < 1.29 is 33.4 Å². The Hall–Kier alpha value is -4.31. The molecule has 196 valence electrons. The number of rotatable bonds is 5. The van der Waals surface area contributed by atoms with E-state index in [1.54, 1.807) is 42.5 Å². The van der Waals surface area contributed by atoms with Gasteiger partial charge in [-0.25, -0.2) is 4.79 Å². The number of hydrogen-bond donors (Lipinski definition) is 1. The van der Waals surface area contributed by atoms with Gasteiger partial charge in [0.2, 0.25) is 0 Å². The zero-order chi connectivity index (χ0) is 27.4. The second-order valence-corrected chi connectivity index (χ2v) is 9.00. The molecule has 4 atom stereocenters. The van der Waals surface area contributed by atoms with E-state index in [1.165, 1.54) is 19.1 Å². The minimum Gasteiger partial charge on any atom is -0.469 e. The lowest BCUT2D eigenvalue weighted by Gasteiger charge is -2.33. The van der Waals surface area contributed by atoms with Gasteiger partial charge < -0.3 is 19.1 Å². The molecule has 1 saturated heterocycles. The maximum atomic E-state index is 13.3. The van der Waals surface area contributed by atoms with Crippen molar-refractivity contribution in [1.29, 1.82) is 0 Å². The van der Waals surface area contributed by atoms with E-state index in [9.17, 15) is 19.2 Å². The van der Waals surface area contributed by atoms with Gasteiger partial charge in [-0.2, -0.15) is 0 Å². The molecule has 0 bridgehead atoms. The first-order valence-corrected chi connectivity index (χ1v) is 12.1. The third-order valence-corrected chi connectivity index (χ3v) is 7.00. The Morgan fingerprint density at radius 2 is 1.32 bits per heavy atom. The van der Waals surface area contributed by atoms with Crippen LogP contribution in [-0.4, -0.2) is 61.2 Å². The van der Waals surface area contributed by atoms with Crippen molar-refractivity contribution in [3.05, 3.63) is 83.9 Å². The van der Waals surface area contributed by atoms with Gasteiger partial charge in [0.05, 0.1) is 33.3 Å². The average molecular weight is 535 g/mol. The number of fused-ring (bicyclic) bond motifs is 1. The van der Waals surface area contributed by atoms with Gasteiger partial charge in [0.15, 0.2) is 5.11 Å². The Bertz CT molecular complexity index is 1390. The molecule has 0 aromatic heterocycles. The summed E-state index contributed by atoms with van der Waals surface area (Å²) in [7, 11) is 3.52. The molecule has 9 nitrogen and oxygen atoms in total. The number of nitrogens with zero attached hydrogens (tertiary/aromatic N) is 1. The normalized spacial score (nSPS) is 20.4. The van der Waals surface area contributed by atoms with Crippen LogP contribution in [0.1, 0.15) is 22.0 Å². The van der Waals surface area contributed by atoms with E-state index < -0.39 is 47.7 Å². The van der Waals surface area contributed by atoms with E-state index in [-0.39, 0.29) is 5.11 Å². The number of ether oxygens (including phenoxy) is 3. The molecule has 0 saturated carbocycles. The predicted molar refractivity (Wildman–Crippen MR) is 142 cm³/mol. The minimum atomic E-state index is -1.39. The molecule has 1 aliphatic heterocycles. The number of hydrogen-bond acceptors (Lipinski definition) is 8. The lowest BCUT2D eigenvalue weighted by Crippen LogP contribution is -2.51. The van der Waals surface area contributed by atoms with E-state index in [1.807, 2.05) is 30.3 Å². The molecule has 10 heteroatoms. The number of nitrogens with one attached hydrogen (secondary N) is 1. The molecule has 0 unspecified atom stereocenters. The summed E-state index contributed by atoms with van der Waals surface area (Å²) in [5.74, 6) is -5.46. The van der Waals surface area contributed by atoms with Crippen LogP contribution in [-0.2, 0) is 28.6 Å². The van der Waals surface area contributed by atoms with Crippen LogP contribution in [0.3, 0.4) is 0 Å². The second-order valence-electron chi connectivity index (χ2n) is 8.61. The molecule has 3 aromatic carbocycles. The number of thiocarbonyl (C=S) groups is 1. The van der Waals surface area contributed by atoms with Crippen LogP contribution >= 0.6 is 12.2 Å². The summed E-state index contributed by atoms with van der Waals surface area (Å²) in [6.45, 7) is 0. The first-order valence-electron chi connectivity index (χ1n) is 11.7. The van der Waals surface area contributed by atoms with Crippen molar-refractivity contribution in [2.45, 2.75) is 12.1 Å². The molecule has 3 aromatic rings. The Kier molecular flexibility index (Phi) is 8.02. The molecule has 1 aliphatic rings. The number of methoxy groups -OCH3 is 3. The van der Waals surface area contributed by atoms with Crippen LogP contribution in [0.4, 0.5) is 0 Å². The number of likely N-dealkylation sites (tertiary alicyclic amines) is 1. The Morgan fingerprint density at radius 1 is 0.737 bits per heavy atom. The van der Waals surface area contributed by atoms with Gasteiger partial charge in [-0.15, -0.1) is 0 Å². The molecule has 4 rings (SSSR count). The van der Waals surface area contributed by atoms with Crippen molar-refractivity contribution in [3.63, 3.8) is 0 Å². The van der Waals surface area contributed by atoms with Gasteiger partial charge in [0, 0.05) is 5.56 Å². The summed E-state index contributed by atoms with van der Waals surface area (Å²) < 4.78 is 15.2. The van der Waals surface area contributed by atoms with Gasteiger partial charge in [-0.3, -0.25) is 19.7 Å². The summed E-state index contributed by atoms with van der Waals surface area (Å²) in [5.41, 5.74) is 0.939. The van der Waals surface area contributed by atoms with Crippen LogP contribution in [0.2, 0.25) is 0 Å². The Balaban J connectivity index is 1.93. The lowest BCUT2D eigenvalue weighted by molar-refractivity contribution is -0.160. The van der Waals surface area contributed by atoms with E-state index in [0.29, 0.717) is 11.1 Å². The van der Waals surface area contributed by atoms with Gasteiger partial charge in [-0.1, -0.05) is 60.7 Å². The number of esters is 3. The van der Waals surface area contributed by atoms with Crippen LogP contribution in [0.15, 0.2) is 72.8 Å².